The Balaban J connectivity index is 3.28. The zero-order chi connectivity index (χ0) is 11.4. The van der Waals surface area contributed by atoms with Crippen LogP contribution >= 0.6 is 11.6 Å². The molecule has 0 bridgehead atoms. The summed E-state index contributed by atoms with van der Waals surface area (Å²) in [6, 6.07) is 3.95. The van der Waals surface area contributed by atoms with Crippen LogP contribution in [0.4, 0.5) is 5.69 Å². The predicted octanol–water partition coefficient (Wildman–Crippen LogP) is 2.02. The Labute approximate surface area is 90.8 Å². The second kappa shape index (κ2) is 4.75. The molecule has 15 heavy (non-hydrogen) atoms. The van der Waals surface area contributed by atoms with Crippen molar-refractivity contribution in [3.05, 3.63) is 33.9 Å². The van der Waals surface area contributed by atoms with Crippen molar-refractivity contribution < 1.29 is 14.5 Å². The number of nitro groups is 1. The summed E-state index contributed by atoms with van der Waals surface area (Å²) in [4.78, 5) is 21.3. The lowest BCUT2D eigenvalue weighted by atomic mass is 10.1. The number of nitrogens with zero attached hydrogens (tertiary/aromatic N) is 1. The number of carbonyl (C=O) groups excluding carboxylic acids is 1. The maximum absolute atomic E-state index is 11.3. The first-order valence-electron chi connectivity index (χ1n) is 4.01. The van der Waals surface area contributed by atoms with Gasteiger partial charge in [0.25, 0.3) is 5.69 Å². The van der Waals surface area contributed by atoms with Crippen LogP contribution in [0.2, 0.25) is 0 Å². The summed E-state index contributed by atoms with van der Waals surface area (Å²) in [5.74, 6) is -0.412. The summed E-state index contributed by atoms with van der Waals surface area (Å²) in [5, 5.41) is 10.6. The molecule has 0 aliphatic heterocycles. The standard InChI is InChI=1S/C9H8ClNO4/c1-15-6-2-3-8(11(13)14)7(4-6)9(12)5-10/h2-4H,5H2,1H3. The molecule has 0 saturated heterocycles. The van der Waals surface area contributed by atoms with Crippen molar-refractivity contribution in [2.75, 3.05) is 13.0 Å². The maximum Gasteiger partial charge on any atom is 0.280 e. The zero-order valence-corrected chi connectivity index (χ0v) is 8.65. The van der Waals surface area contributed by atoms with E-state index < -0.39 is 10.7 Å². The highest BCUT2D eigenvalue weighted by molar-refractivity contribution is 6.31. The van der Waals surface area contributed by atoms with Gasteiger partial charge in [-0.2, -0.15) is 0 Å². The normalized spacial score (nSPS) is 9.73. The Morgan fingerprint density at radius 2 is 2.27 bits per heavy atom. The highest BCUT2D eigenvalue weighted by Crippen LogP contribution is 2.24. The van der Waals surface area contributed by atoms with Gasteiger partial charge >= 0.3 is 0 Å². The average Bonchev–Trinajstić information content (AvgIpc) is 2.26. The van der Waals surface area contributed by atoms with Gasteiger partial charge in [0, 0.05) is 6.07 Å². The van der Waals surface area contributed by atoms with Crippen LogP contribution in [-0.4, -0.2) is 23.7 Å². The van der Waals surface area contributed by atoms with E-state index in [9.17, 15) is 14.9 Å². The topological polar surface area (TPSA) is 69.4 Å². The minimum atomic E-state index is -0.626. The van der Waals surface area contributed by atoms with Gasteiger partial charge in [0.2, 0.25) is 0 Å². The minimum Gasteiger partial charge on any atom is -0.497 e. The van der Waals surface area contributed by atoms with E-state index in [-0.39, 0.29) is 17.1 Å². The number of benzene rings is 1. The molecule has 0 amide bonds. The van der Waals surface area contributed by atoms with Gasteiger partial charge in [-0.3, -0.25) is 14.9 Å². The summed E-state index contributed by atoms with van der Waals surface area (Å²) in [7, 11) is 1.41. The lowest BCUT2D eigenvalue weighted by Crippen LogP contribution is -2.05. The SMILES string of the molecule is COc1ccc([N+](=O)[O-])c(C(=O)CCl)c1. The Morgan fingerprint density at radius 3 is 2.73 bits per heavy atom. The molecule has 5 nitrogen and oxygen atoms in total. The van der Waals surface area contributed by atoms with Crippen molar-refractivity contribution in [1.82, 2.24) is 0 Å². The van der Waals surface area contributed by atoms with Crippen LogP contribution < -0.4 is 4.74 Å². The van der Waals surface area contributed by atoms with Gasteiger partial charge in [0.05, 0.1) is 17.9 Å². The molecule has 0 aliphatic rings. The van der Waals surface area contributed by atoms with E-state index in [0.717, 1.165) is 0 Å². The third kappa shape index (κ3) is 2.44. The first-order chi connectivity index (χ1) is 7.10. The van der Waals surface area contributed by atoms with E-state index in [1.54, 1.807) is 0 Å². The van der Waals surface area contributed by atoms with E-state index in [1.807, 2.05) is 0 Å². The first-order valence-corrected chi connectivity index (χ1v) is 4.55. The maximum atomic E-state index is 11.3. The summed E-state index contributed by atoms with van der Waals surface area (Å²) in [6.45, 7) is 0. The Bertz CT molecular complexity index is 405. The van der Waals surface area contributed by atoms with Gasteiger partial charge in [0.1, 0.15) is 11.3 Å². The molecule has 0 saturated carbocycles. The summed E-state index contributed by atoms with van der Waals surface area (Å²) >= 11 is 5.35. The molecular formula is C9H8ClNO4. The quantitative estimate of drug-likeness (QED) is 0.343. The van der Waals surface area contributed by atoms with Crippen LogP contribution in [0, 0.1) is 10.1 Å². The molecule has 1 aromatic rings. The van der Waals surface area contributed by atoms with Crippen molar-refractivity contribution in [2.24, 2.45) is 0 Å². The Kier molecular flexibility index (Phi) is 3.62. The highest BCUT2D eigenvalue weighted by Gasteiger charge is 2.19. The van der Waals surface area contributed by atoms with Crippen molar-refractivity contribution in [3.8, 4) is 5.75 Å². The fraction of sp³-hybridized carbons (Fsp3) is 0.222. The van der Waals surface area contributed by atoms with Gasteiger partial charge < -0.3 is 4.74 Å². The number of hydrogen-bond acceptors (Lipinski definition) is 4. The fourth-order valence-corrected chi connectivity index (χ4v) is 1.24. The average molecular weight is 230 g/mol. The Hall–Kier alpha value is -1.62. The fourth-order valence-electron chi connectivity index (χ4n) is 1.10. The summed E-state index contributed by atoms with van der Waals surface area (Å²) < 4.78 is 4.87. The molecule has 0 aliphatic carbocycles. The molecule has 0 unspecified atom stereocenters. The first kappa shape index (κ1) is 11.5. The molecule has 0 heterocycles. The highest BCUT2D eigenvalue weighted by atomic mass is 35.5. The number of Topliss-reactive ketones (excluding diaryl/α,β-unsaturated/α-hetero) is 1. The monoisotopic (exact) mass is 229 g/mol. The second-order valence-corrected chi connectivity index (χ2v) is 2.96. The van der Waals surface area contributed by atoms with Crippen LogP contribution in [-0.2, 0) is 0 Å². The summed E-state index contributed by atoms with van der Waals surface area (Å²) in [6.07, 6.45) is 0. The van der Waals surface area contributed by atoms with Crippen LogP contribution in [0.3, 0.4) is 0 Å². The largest absolute Gasteiger partial charge is 0.497 e. The van der Waals surface area contributed by atoms with Crippen molar-refractivity contribution in [3.63, 3.8) is 0 Å². The van der Waals surface area contributed by atoms with Gasteiger partial charge in [-0.15, -0.1) is 11.6 Å². The van der Waals surface area contributed by atoms with Crippen LogP contribution in [0.1, 0.15) is 10.4 Å². The van der Waals surface area contributed by atoms with Crippen LogP contribution in [0.5, 0.6) is 5.75 Å². The van der Waals surface area contributed by atoms with Gasteiger partial charge in [-0.05, 0) is 12.1 Å². The molecule has 0 atom stereocenters. The molecular weight excluding hydrogens is 222 g/mol. The zero-order valence-electron chi connectivity index (χ0n) is 7.90. The van der Waals surface area contributed by atoms with E-state index in [2.05, 4.69) is 0 Å². The molecule has 1 rings (SSSR count). The molecule has 0 radical (unpaired) electrons. The number of halogens is 1. The van der Waals surface area contributed by atoms with Crippen molar-refractivity contribution >= 4 is 23.1 Å². The molecule has 0 spiro atoms. The van der Waals surface area contributed by atoms with Crippen LogP contribution in [0.15, 0.2) is 18.2 Å². The number of rotatable bonds is 4. The number of carbonyl (C=O) groups is 1. The number of hydrogen-bond donors (Lipinski definition) is 0. The third-order valence-electron chi connectivity index (χ3n) is 1.82. The molecule has 0 aromatic heterocycles. The molecule has 6 heteroatoms. The lowest BCUT2D eigenvalue weighted by Gasteiger charge is -2.03. The van der Waals surface area contributed by atoms with Crippen molar-refractivity contribution in [2.45, 2.75) is 0 Å². The van der Waals surface area contributed by atoms with E-state index >= 15 is 0 Å². The van der Waals surface area contributed by atoms with Gasteiger partial charge in [-0.1, -0.05) is 0 Å². The third-order valence-corrected chi connectivity index (χ3v) is 2.06. The van der Waals surface area contributed by atoms with Crippen LogP contribution in [0.25, 0.3) is 0 Å². The molecule has 80 valence electrons. The number of nitro benzene ring substituents is 1. The van der Waals surface area contributed by atoms with Gasteiger partial charge in [0.15, 0.2) is 5.78 Å². The van der Waals surface area contributed by atoms with E-state index in [1.165, 1.54) is 25.3 Å². The van der Waals surface area contributed by atoms with E-state index in [0.29, 0.717) is 5.75 Å². The molecule has 0 fully saturated rings. The molecule has 1 aromatic carbocycles. The number of ether oxygens (including phenoxy) is 1. The lowest BCUT2D eigenvalue weighted by molar-refractivity contribution is -0.385. The predicted molar refractivity (Wildman–Crippen MR) is 54.7 cm³/mol. The smallest absolute Gasteiger partial charge is 0.280 e. The summed E-state index contributed by atoms with van der Waals surface area (Å²) in [5.41, 5.74) is -0.296. The number of methoxy groups -OCH3 is 1. The number of ketones is 1. The number of alkyl halides is 1. The Morgan fingerprint density at radius 1 is 1.60 bits per heavy atom. The minimum absolute atomic E-state index is 0.0330. The van der Waals surface area contributed by atoms with Gasteiger partial charge in [-0.25, -0.2) is 0 Å². The second-order valence-electron chi connectivity index (χ2n) is 2.70. The van der Waals surface area contributed by atoms with Crippen molar-refractivity contribution in [1.29, 1.82) is 0 Å². The molecule has 0 N–H and O–H groups in total. The van der Waals surface area contributed by atoms with E-state index in [4.69, 9.17) is 16.3 Å².